The molecule has 0 aliphatic carbocycles. The number of halogens is 2. The summed E-state index contributed by atoms with van der Waals surface area (Å²) in [5.74, 6) is -4.15. The number of nitrogens with one attached hydrogen (secondary N) is 2. The molecule has 3 aromatic rings. The van der Waals surface area contributed by atoms with Crippen molar-refractivity contribution in [1.82, 2.24) is 14.9 Å². The highest BCUT2D eigenvalue weighted by Crippen LogP contribution is 2.46. The second kappa shape index (κ2) is 8.89. The number of hydrogen-bond donors (Lipinski definition) is 3. The van der Waals surface area contributed by atoms with Crippen molar-refractivity contribution in [2.75, 3.05) is 31.3 Å². The molecule has 1 saturated heterocycles. The first-order valence-corrected chi connectivity index (χ1v) is 11.8. The van der Waals surface area contributed by atoms with E-state index in [9.17, 15) is 28.3 Å². The number of amides is 1. The summed E-state index contributed by atoms with van der Waals surface area (Å²) in [6.07, 6.45) is 0.643. The third-order valence-corrected chi connectivity index (χ3v) is 6.94. The van der Waals surface area contributed by atoms with Crippen LogP contribution in [0, 0.1) is 13.8 Å². The Bertz CT molecular complexity index is 1410. The topological polar surface area (TPSA) is 134 Å². The largest absolute Gasteiger partial charge is 0.504 e. The van der Waals surface area contributed by atoms with E-state index in [1.807, 2.05) is 0 Å². The van der Waals surface area contributed by atoms with Gasteiger partial charge in [0, 0.05) is 31.6 Å². The number of ether oxygens (including phenoxy) is 1. The van der Waals surface area contributed by atoms with Crippen LogP contribution in [0.4, 0.5) is 25.8 Å². The van der Waals surface area contributed by atoms with E-state index in [0.717, 1.165) is 4.88 Å². The van der Waals surface area contributed by atoms with Crippen molar-refractivity contribution in [2.24, 2.45) is 0 Å². The number of carbonyl (C=O) groups excluding carboxylic acids is 1. The molecule has 10 nitrogen and oxygen atoms in total. The Morgan fingerprint density at radius 2 is 1.92 bits per heavy atom. The maximum atomic E-state index is 14.2. The summed E-state index contributed by atoms with van der Waals surface area (Å²) >= 11 is 1.37. The van der Waals surface area contributed by atoms with Gasteiger partial charge in [0.05, 0.1) is 28.0 Å². The van der Waals surface area contributed by atoms with Gasteiger partial charge in [-0.05, 0) is 26.8 Å². The fourth-order valence-electron chi connectivity index (χ4n) is 4.25. The van der Waals surface area contributed by atoms with Crippen LogP contribution in [-0.4, -0.2) is 58.1 Å². The van der Waals surface area contributed by atoms with Crippen molar-refractivity contribution in [3.8, 4) is 5.75 Å². The van der Waals surface area contributed by atoms with Crippen LogP contribution in [0.1, 0.15) is 45.5 Å². The lowest BCUT2D eigenvalue weighted by Gasteiger charge is -2.34. The Balaban J connectivity index is 1.72. The molecule has 0 radical (unpaired) electrons. The Morgan fingerprint density at radius 1 is 1.25 bits per heavy atom. The summed E-state index contributed by atoms with van der Waals surface area (Å²) in [5, 5.41) is 16.9. The van der Waals surface area contributed by atoms with Gasteiger partial charge in [0.2, 0.25) is 0 Å². The number of carbonyl (C=O) groups is 1. The van der Waals surface area contributed by atoms with Crippen LogP contribution < -0.4 is 21.5 Å². The number of pyridine rings is 1. The number of rotatable bonds is 7. The minimum Gasteiger partial charge on any atom is -0.504 e. The zero-order valence-corrected chi connectivity index (χ0v) is 21.0. The SMILES string of the molecule is Cc1nc([C@H](Nc2c(Nc3ccnc(C(=O)N(C)C)c3O)c(=O)c2=O)C2(C)CC(F)(F)CO2)c(C)s1. The van der Waals surface area contributed by atoms with Crippen molar-refractivity contribution < 1.29 is 23.4 Å². The van der Waals surface area contributed by atoms with E-state index in [1.54, 1.807) is 13.8 Å². The highest BCUT2D eigenvalue weighted by molar-refractivity contribution is 7.11. The highest BCUT2D eigenvalue weighted by atomic mass is 32.1. The fraction of sp³-hybridized carbons (Fsp3) is 0.435. The maximum absolute atomic E-state index is 14.2. The summed E-state index contributed by atoms with van der Waals surface area (Å²) in [6.45, 7) is 4.28. The molecule has 1 unspecified atom stereocenters. The van der Waals surface area contributed by atoms with Gasteiger partial charge in [-0.2, -0.15) is 0 Å². The molecule has 36 heavy (non-hydrogen) atoms. The Kier molecular flexibility index (Phi) is 6.33. The third-order valence-electron chi connectivity index (χ3n) is 6.04. The summed E-state index contributed by atoms with van der Waals surface area (Å²) in [5.41, 5.74) is -3.37. The molecule has 4 rings (SSSR count). The number of thiazole rings is 1. The van der Waals surface area contributed by atoms with Crippen LogP contribution in [0.2, 0.25) is 0 Å². The fourth-order valence-corrected chi connectivity index (χ4v) is 5.10. The quantitative estimate of drug-likeness (QED) is 0.401. The lowest BCUT2D eigenvalue weighted by Crippen LogP contribution is -2.43. The molecule has 1 aliphatic heterocycles. The van der Waals surface area contributed by atoms with E-state index in [-0.39, 0.29) is 22.8 Å². The Morgan fingerprint density at radius 3 is 2.47 bits per heavy atom. The van der Waals surface area contributed by atoms with Gasteiger partial charge in [0.1, 0.15) is 18.0 Å². The summed E-state index contributed by atoms with van der Waals surface area (Å²) in [7, 11) is 2.97. The van der Waals surface area contributed by atoms with Crippen LogP contribution >= 0.6 is 11.3 Å². The number of aromatic hydroxyl groups is 1. The molecule has 1 amide bonds. The normalized spacial score (nSPS) is 19.9. The molecule has 3 N–H and O–H groups in total. The van der Waals surface area contributed by atoms with Crippen molar-refractivity contribution in [3.63, 3.8) is 0 Å². The second-order valence-corrected chi connectivity index (χ2v) is 10.6. The predicted octanol–water partition coefficient (Wildman–Crippen LogP) is 2.87. The molecular weight excluding hydrogens is 496 g/mol. The Labute approximate surface area is 208 Å². The van der Waals surface area contributed by atoms with Crippen molar-refractivity contribution in [3.05, 3.63) is 54.0 Å². The van der Waals surface area contributed by atoms with Gasteiger partial charge < -0.3 is 25.4 Å². The van der Waals surface area contributed by atoms with E-state index < -0.39 is 53.1 Å². The van der Waals surface area contributed by atoms with Crippen LogP contribution in [0.25, 0.3) is 0 Å². The van der Waals surface area contributed by atoms with E-state index in [4.69, 9.17) is 4.74 Å². The molecule has 0 bridgehead atoms. The van der Waals surface area contributed by atoms with Crippen molar-refractivity contribution in [1.29, 1.82) is 0 Å². The molecule has 0 spiro atoms. The lowest BCUT2D eigenvalue weighted by atomic mass is 9.88. The molecule has 192 valence electrons. The molecule has 1 aromatic carbocycles. The molecule has 2 aromatic heterocycles. The van der Waals surface area contributed by atoms with E-state index in [1.165, 1.54) is 49.5 Å². The van der Waals surface area contributed by atoms with Crippen molar-refractivity contribution >= 4 is 34.3 Å². The van der Waals surface area contributed by atoms with Gasteiger partial charge in [-0.3, -0.25) is 14.4 Å². The van der Waals surface area contributed by atoms with Gasteiger partial charge in [0.15, 0.2) is 11.4 Å². The van der Waals surface area contributed by atoms with Gasteiger partial charge >= 0.3 is 0 Å². The molecule has 1 fully saturated rings. The number of alkyl halides is 2. The number of aromatic nitrogens is 2. The van der Waals surface area contributed by atoms with Gasteiger partial charge in [-0.25, -0.2) is 18.7 Å². The number of aryl methyl sites for hydroxylation is 2. The smallest absolute Gasteiger partial charge is 0.275 e. The zero-order chi connectivity index (χ0) is 26.6. The summed E-state index contributed by atoms with van der Waals surface area (Å²) < 4.78 is 33.9. The van der Waals surface area contributed by atoms with Crippen LogP contribution in [-0.2, 0) is 4.74 Å². The first kappa shape index (κ1) is 25.6. The van der Waals surface area contributed by atoms with Gasteiger partial charge in [0.25, 0.3) is 22.7 Å². The lowest BCUT2D eigenvalue weighted by molar-refractivity contribution is -0.0247. The van der Waals surface area contributed by atoms with Gasteiger partial charge in [-0.1, -0.05) is 0 Å². The van der Waals surface area contributed by atoms with Crippen LogP contribution in [0.3, 0.4) is 0 Å². The van der Waals surface area contributed by atoms with Gasteiger partial charge in [-0.15, -0.1) is 11.3 Å². The summed E-state index contributed by atoms with van der Waals surface area (Å²) in [6, 6.07) is 0.354. The average Bonchev–Trinajstić information content (AvgIpc) is 3.29. The van der Waals surface area contributed by atoms with E-state index in [2.05, 4.69) is 20.6 Å². The van der Waals surface area contributed by atoms with Crippen LogP contribution in [0.5, 0.6) is 5.75 Å². The van der Waals surface area contributed by atoms with Crippen LogP contribution in [0.15, 0.2) is 21.9 Å². The van der Waals surface area contributed by atoms with E-state index >= 15 is 0 Å². The Hall–Kier alpha value is -3.45. The molecule has 13 heteroatoms. The summed E-state index contributed by atoms with van der Waals surface area (Å²) in [4.78, 5) is 47.6. The number of hydrogen-bond acceptors (Lipinski definition) is 10. The monoisotopic (exact) mass is 521 g/mol. The zero-order valence-electron chi connectivity index (χ0n) is 20.2. The average molecular weight is 522 g/mol. The standard InChI is InChI=1S/C23H25F2N5O5S/c1-10-13(27-11(2)36-10)20(22(3)8-23(24,25)9-35-22)29-15-14(18(32)19(15)33)28-12-6-7-26-16(17(12)31)21(34)30(4)5/h6-7,20,29,31H,8-9H2,1-5H3,(H,26,28)/t20-,22?/m0/s1. The number of anilines is 3. The molecular formula is C23H25F2N5O5S. The molecule has 2 atom stereocenters. The second-order valence-electron chi connectivity index (χ2n) is 9.17. The third kappa shape index (κ3) is 4.44. The predicted molar refractivity (Wildman–Crippen MR) is 130 cm³/mol. The van der Waals surface area contributed by atoms with Crippen molar-refractivity contribution in [2.45, 2.75) is 44.8 Å². The minimum absolute atomic E-state index is 0.0301. The highest BCUT2D eigenvalue weighted by Gasteiger charge is 2.54. The molecule has 0 saturated carbocycles. The molecule has 3 heterocycles. The first-order chi connectivity index (χ1) is 16.7. The first-order valence-electron chi connectivity index (χ1n) is 11.0. The molecule has 1 aliphatic rings. The maximum Gasteiger partial charge on any atom is 0.275 e. The number of nitrogens with zero attached hydrogens (tertiary/aromatic N) is 3. The minimum atomic E-state index is -3.07. The van der Waals surface area contributed by atoms with E-state index in [0.29, 0.717) is 10.7 Å².